The highest BCUT2D eigenvalue weighted by Crippen LogP contribution is 2.35. The summed E-state index contributed by atoms with van der Waals surface area (Å²) in [6, 6.07) is 8.02. The van der Waals surface area contributed by atoms with Gasteiger partial charge in [-0.2, -0.15) is 0 Å². The molecule has 2 aromatic rings. The number of anilines is 2. The van der Waals surface area contributed by atoms with Crippen LogP contribution < -0.4 is 10.2 Å². The van der Waals surface area contributed by atoms with Gasteiger partial charge in [-0.3, -0.25) is 4.79 Å². The van der Waals surface area contributed by atoms with E-state index in [0.29, 0.717) is 17.5 Å². The van der Waals surface area contributed by atoms with Crippen LogP contribution >= 0.6 is 11.3 Å². The second kappa shape index (κ2) is 7.75. The molecule has 0 atom stereocenters. The average Bonchev–Trinajstić information content (AvgIpc) is 3.04. The van der Waals surface area contributed by atoms with E-state index >= 15 is 0 Å². The fourth-order valence-electron chi connectivity index (χ4n) is 3.06. The zero-order valence-electron chi connectivity index (χ0n) is 14.3. The minimum atomic E-state index is -0.0426. The summed E-state index contributed by atoms with van der Waals surface area (Å²) in [5.74, 6) is 0.486. The third-order valence-electron chi connectivity index (χ3n) is 4.46. The summed E-state index contributed by atoms with van der Waals surface area (Å²) in [6.45, 7) is 0. The number of amides is 1. The molecule has 5 nitrogen and oxygen atoms in total. The number of nitrogens with zero attached hydrogens (tertiary/aromatic N) is 3. The van der Waals surface area contributed by atoms with Crippen LogP contribution in [0.5, 0.6) is 0 Å². The Morgan fingerprint density at radius 3 is 2.54 bits per heavy atom. The van der Waals surface area contributed by atoms with Gasteiger partial charge in [0.05, 0.1) is 6.42 Å². The summed E-state index contributed by atoms with van der Waals surface area (Å²) < 4.78 is 0. The Hall–Kier alpha value is -1.95. The standard InChI is InChI=1S/C18H24N4OS/c1-22(2)15-10-8-13(9-11-15)12-16(23)19-18-21-20-17(24-18)14-6-4-3-5-7-14/h8-11,14H,3-7,12H2,1-2H3,(H,19,21,23). The van der Waals surface area contributed by atoms with Gasteiger partial charge >= 0.3 is 0 Å². The van der Waals surface area contributed by atoms with Gasteiger partial charge in [0, 0.05) is 25.7 Å². The van der Waals surface area contributed by atoms with Gasteiger partial charge < -0.3 is 10.2 Å². The van der Waals surface area contributed by atoms with Crippen molar-refractivity contribution >= 4 is 28.1 Å². The normalized spacial score (nSPS) is 15.2. The second-order valence-corrected chi connectivity index (χ2v) is 7.58. The molecule has 6 heteroatoms. The number of nitrogens with one attached hydrogen (secondary N) is 1. The molecule has 1 aromatic heterocycles. The first-order chi connectivity index (χ1) is 11.6. The summed E-state index contributed by atoms with van der Waals surface area (Å²) in [5, 5.41) is 13.0. The summed E-state index contributed by atoms with van der Waals surface area (Å²) in [5.41, 5.74) is 2.12. The maximum atomic E-state index is 12.2. The Labute approximate surface area is 147 Å². The highest BCUT2D eigenvalue weighted by atomic mass is 32.1. The Morgan fingerprint density at radius 2 is 1.88 bits per heavy atom. The molecule has 1 heterocycles. The topological polar surface area (TPSA) is 58.1 Å². The van der Waals surface area contributed by atoms with Crippen LogP contribution in [0.15, 0.2) is 24.3 Å². The lowest BCUT2D eigenvalue weighted by atomic mass is 9.90. The summed E-state index contributed by atoms with van der Waals surface area (Å²) in [6.07, 6.45) is 6.61. The molecule has 24 heavy (non-hydrogen) atoms. The smallest absolute Gasteiger partial charge is 0.230 e. The molecule has 0 aliphatic heterocycles. The third kappa shape index (κ3) is 4.32. The molecule has 1 saturated carbocycles. The van der Waals surface area contributed by atoms with Crippen molar-refractivity contribution < 1.29 is 4.79 Å². The van der Waals surface area contributed by atoms with Gasteiger partial charge in [-0.15, -0.1) is 10.2 Å². The first-order valence-corrected chi connectivity index (χ1v) is 9.33. The molecule has 0 spiro atoms. The molecule has 3 rings (SSSR count). The third-order valence-corrected chi connectivity index (χ3v) is 5.46. The number of carbonyl (C=O) groups is 1. The predicted octanol–water partition coefficient (Wildman–Crippen LogP) is 3.83. The molecule has 1 aliphatic carbocycles. The van der Waals surface area contributed by atoms with E-state index in [1.165, 1.54) is 43.4 Å². The Kier molecular flexibility index (Phi) is 5.45. The monoisotopic (exact) mass is 344 g/mol. The minimum Gasteiger partial charge on any atom is -0.378 e. The summed E-state index contributed by atoms with van der Waals surface area (Å²) in [4.78, 5) is 14.2. The van der Waals surface area contributed by atoms with Gasteiger partial charge in [0.25, 0.3) is 0 Å². The second-order valence-electron chi connectivity index (χ2n) is 6.57. The van der Waals surface area contributed by atoms with Crippen LogP contribution in [-0.4, -0.2) is 30.2 Å². The van der Waals surface area contributed by atoms with E-state index in [1.54, 1.807) is 0 Å². The van der Waals surface area contributed by atoms with Gasteiger partial charge in [0.1, 0.15) is 5.01 Å². The number of benzene rings is 1. The Bertz CT molecular complexity index is 675. The molecule has 1 fully saturated rings. The highest BCUT2D eigenvalue weighted by Gasteiger charge is 2.20. The van der Waals surface area contributed by atoms with Crippen molar-refractivity contribution in [2.45, 2.75) is 44.4 Å². The van der Waals surface area contributed by atoms with E-state index in [4.69, 9.17) is 0 Å². The van der Waals surface area contributed by atoms with Crippen LogP contribution in [0, 0.1) is 0 Å². The fourth-order valence-corrected chi connectivity index (χ4v) is 3.99. The van der Waals surface area contributed by atoms with Gasteiger partial charge in [0.2, 0.25) is 11.0 Å². The maximum Gasteiger partial charge on any atom is 0.230 e. The molecule has 0 unspecified atom stereocenters. The van der Waals surface area contributed by atoms with Crippen LogP contribution in [0.3, 0.4) is 0 Å². The summed E-state index contributed by atoms with van der Waals surface area (Å²) >= 11 is 1.52. The summed E-state index contributed by atoms with van der Waals surface area (Å²) in [7, 11) is 4.00. The van der Waals surface area contributed by atoms with Crippen molar-refractivity contribution in [3.05, 3.63) is 34.8 Å². The molecular weight excluding hydrogens is 320 g/mol. The van der Waals surface area contributed by atoms with Crippen LogP contribution in [-0.2, 0) is 11.2 Å². The Morgan fingerprint density at radius 1 is 1.17 bits per heavy atom. The number of hydrogen-bond acceptors (Lipinski definition) is 5. The zero-order valence-corrected chi connectivity index (χ0v) is 15.1. The number of rotatable bonds is 5. The van der Waals surface area contributed by atoms with Crippen molar-refractivity contribution in [2.24, 2.45) is 0 Å². The molecule has 0 saturated heterocycles. The zero-order chi connectivity index (χ0) is 16.9. The van der Waals surface area contributed by atoms with Gasteiger partial charge in [-0.1, -0.05) is 42.7 Å². The Balaban J connectivity index is 1.55. The van der Waals surface area contributed by atoms with Crippen molar-refractivity contribution in [2.75, 3.05) is 24.3 Å². The van der Waals surface area contributed by atoms with Crippen LogP contribution in [0.1, 0.15) is 48.6 Å². The molecular formula is C18H24N4OS. The van der Waals surface area contributed by atoms with Crippen molar-refractivity contribution in [1.29, 1.82) is 0 Å². The fraction of sp³-hybridized carbons (Fsp3) is 0.500. The van der Waals surface area contributed by atoms with E-state index in [-0.39, 0.29) is 5.91 Å². The van der Waals surface area contributed by atoms with Crippen molar-refractivity contribution in [1.82, 2.24) is 10.2 Å². The number of carbonyl (C=O) groups excluding carboxylic acids is 1. The molecule has 1 amide bonds. The first kappa shape index (κ1) is 16.9. The quantitative estimate of drug-likeness (QED) is 0.895. The van der Waals surface area contributed by atoms with Crippen LogP contribution in [0.2, 0.25) is 0 Å². The van der Waals surface area contributed by atoms with E-state index in [2.05, 4.69) is 15.5 Å². The largest absolute Gasteiger partial charge is 0.378 e. The van der Waals surface area contributed by atoms with Crippen LogP contribution in [0.4, 0.5) is 10.8 Å². The molecule has 1 N–H and O–H groups in total. The molecule has 128 valence electrons. The van der Waals surface area contributed by atoms with Gasteiger partial charge in [-0.05, 0) is 30.5 Å². The van der Waals surface area contributed by atoms with Gasteiger partial charge in [-0.25, -0.2) is 0 Å². The van der Waals surface area contributed by atoms with E-state index in [9.17, 15) is 4.79 Å². The number of aromatic nitrogens is 2. The maximum absolute atomic E-state index is 12.2. The van der Waals surface area contributed by atoms with Crippen LogP contribution in [0.25, 0.3) is 0 Å². The lowest BCUT2D eigenvalue weighted by Crippen LogP contribution is -2.14. The first-order valence-electron chi connectivity index (χ1n) is 8.51. The van der Waals surface area contributed by atoms with Crippen molar-refractivity contribution in [3.63, 3.8) is 0 Å². The molecule has 1 aliphatic rings. The minimum absolute atomic E-state index is 0.0426. The lowest BCUT2D eigenvalue weighted by molar-refractivity contribution is -0.115. The lowest BCUT2D eigenvalue weighted by Gasteiger charge is -2.18. The molecule has 0 bridgehead atoms. The number of hydrogen-bond donors (Lipinski definition) is 1. The SMILES string of the molecule is CN(C)c1ccc(CC(=O)Nc2nnc(C3CCCCC3)s2)cc1. The predicted molar refractivity (Wildman–Crippen MR) is 98.8 cm³/mol. The van der Waals surface area contributed by atoms with E-state index in [1.807, 2.05) is 43.3 Å². The molecule has 0 radical (unpaired) electrons. The van der Waals surface area contributed by atoms with E-state index in [0.717, 1.165) is 16.3 Å². The van der Waals surface area contributed by atoms with Gasteiger partial charge in [0.15, 0.2) is 0 Å². The highest BCUT2D eigenvalue weighted by molar-refractivity contribution is 7.15. The van der Waals surface area contributed by atoms with E-state index < -0.39 is 0 Å². The average molecular weight is 344 g/mol. The molecule has 1 aromatic carbocycles. The van der Waals surface area contributed by atoms with Crippen molar-refractivity contribution in [3.8, 4) is 0 Å².